The van der Waals surface area contributed by atoms with Crippen LogP contribution >= 0.6 is 0 Å². The lowest BCUT2D eigenvalue weighted by atomic mass is 10.2. The topological polar surface area (TPSA) is 97.8 Å². The van der Waals surface area contributed by atoms with Gasteiger partial charge in [-0.25, -0.2) is 14.2 Å². The van der Waals surface area contributed by atoms with E-state index in [1.165, 1.54) is 12.1 Å². The number of nitrogens with one attached hydrogen (secondary N) is 2. The summed E-state index contributed by atoms with van der Waals surface area (Å²) >= 11 is 0. The van der Waals surface area contributed by atoms with Crippen LogP contribution in [0, 0.1) is 5.82 Å². The summed E-state index contributed by atoms with van der Waals surface area (Å²) in [5.74, 6) is 1.40. The molecule has 2 N–H and O–H groups in total. The van der Waals surface area contributed by atoms with Crippen molar-refractivity contribution in [3.8, 4) is 17.4 Å². The van der Waals surface area contributed by atoms with Crippen LogP contribution in [-0.2, 0) is 4.74 Å². The Kier molecular flexibility index (Phi) is 7.95. The number of nitrogens with zero attached hydrogens (tertiary/aromatic N) is 3. The van der Waals surface area contributed by atoms with Crippen LogP contribution in [0.1, 0.15) is 33.6 Å². The fraction of sp³-hybridized carbons (Fsp3) is 0.370. The Bertz CT molecular complexity index is 1220. The fourth-order valence-corrected chi connectivity index (χ4v) is 3.91. The van der Waals surface area contributed by atoms with Gasteiger partial charge in [-0.1, -0.05) is 6.07 Å². The number of likely N-dealkylation sites (tertiary alicyclic amines) is 1. The first-order chi connectivity index (χ1) is 17.7. The number of amides is 1. The summed E-state index contributed by atoms with van der Waals surface area (Å²) in [6, 6.07) is 13.1. The number of anilines is 3. The summed E-state index contributed by atoms with van der Waals surface area (Å²) in [6.45, 7) is 6.68. The number of carbonyl (C=O) groups is 1. The zero-order chi connectivity index (χ0) is 26.4. The van der Waals surface area contributed by atoms with Crippen molar-refractivity contribution in [2.24, 2.45) is 0 Å². The van der Waals surface area contributed by atoms with Gasteiger partial charge in [0.15, 0.2) is 0 Å². The highest BCUT2D eigenvalue weighted by molar-refractivity contribution is 5.69. The maximum Gasteiger partial charge on any atom is 0.410 e. The Morgan fingerprint density at radius 3 is 2.62 bits per heavy atom. The monoisotopic (exact) mass is 509 g/mol. The van der Waals surface area contributed by atoms with Gasteiger partial charge in [-0.3, -0.25) is 0 Å². The normalized spacial score (nSPS) is 15.3. The molecule has 0 unspecified atom stereocenters. The SMILES string of the molecule is COc1ccc(Oc2nc(Nc3cccc(F)c3)ncc2NC[C@@H]2CCCN2C(=O)OC(C)(C)C)cc1. The second-order valence-corrected chi connectivity index (χ2v) is 9.68. The van der Waals surface area contributed by atoms with E-state index < -0.39 is 5.60 Å². The number of halogens is 1. The number of carbonyl (C=O) groups excluding carboxylic acids is 1. The van der Waals surface area contributed by atoms with E-state index in [9.17, 15) is 9.18 Å². The van der Waals surface area contributed by atoms with Gasteiger partial charge in [0.1, 0.15) is 28.6 Å². The first-order valence-electron chi connectivity index (χ1n) is 12.2. The Balaban J connectivity index is 1.52. The van der Waals surface area contributed by atoms with Crippen molar-refractivity contribution in [1.82, 2.24) is 14.9 Å². The summed E-state index contributed by atoms with van der Waals surface area (Å²) < 4.78 is 30.5. The fourth-order valence-electron chi connectivity index (χ4n) is 3.91. The minimum atomic E-state index is -0.560. The highest BCUT2D eigenvalue weighted by Crippen LogP contribution is 2.31. The molecule has 2 aromatic carbocycles. The van der Waals surface area contributed by atoms with Crippen LogP contribution in [0.5, 0.6) is 17.4 Å². The number of hydrogen-bond acceptors (Lipinski definition) is 8. The number of methoxy groups -OCH3 is 1. The second-order valence-electron chi connectivity index (χ2n) is 9.68. The van der Waals surface area contributed by atoms with Crippen molar-refractivity contribution >= 4 is 23.4 Å². The molecule has 0 bridgehead atoms. The van der Waals surface area contributed by atoms with E-state index in [2.05, 4.69) is 20.6 Å². The maximum absolute atomic E-state index is 13.6. The molecule has 10 heteroatoms. The number of hydrogen-bond donors (Lipinski definition) is 2. The number of ether oxygens (including phenoxy) is 3. The van der Waals surface area contributed by atoms with E-state index in [1.54, 1.807) is 54.6 Å². The summed E-state index contributed by atoms with van der Waals surface area (Å²) in [4.78, 5) is 23.3. The van der Waals surface area contributed by atoms with Gasteiger partial charge in [0.2, 0.25) is 11.8 Å². The highest BCUT2D eigenvalue weighted by Gasteiger charge is 2.32. The quantitative estimate of drug-likeness (QED) is 0.383. The predicted molar refractivity (Wildman–Crippen MR) is 139 cm³/mol. The molecule has 2 heterocycles. The predicted octanol–water partition coefficient (Wildman–Crippen LogP) is 5.97. The molecule has 1 aliphatic heterocycles. The molecule has 0 spiro atoms. The van der Waals surface area contributed by atoms with Crippen molar-refractivity contribution in [2.75, 3.05) is 30.8 Å². The molecule has 0 radical (unpaired) electrons. The van der Waals surface area contributed by atoms with Crippen molar-refractivity contribution in [3.05, 3.63) is 60.5 Å². The van der Waals surface area contributed by atoms with Gasteiger partial charge in [0, 0.05) is 18.8 Å². The lowest BCUT2D eigenvalue weighted by molar-refractivity contribution is 0.0235. The van der Waals surface area contributed by atoms with E-state index in [1.807, 2.05) is 20.8 Å². The van der Waals surface area contributed by atoms with E-state index in [-0.39, 0.29) is 29.8 Å². The molecule has 1 aliphatic rings. The molecule has 0 aliphatic carbocycles. The third-order valence-corrected chi connectivity index (χ3v) is 5.64. The summed E-state index contributed by atoms with van der Waals surface area (Å²) in [5, 5.41) is 6.33. The summed E-state index contributed by atoms with van der Waals surface area (Å²) in [6.07, 6.45) is 3.02. The zero-order valence-electron chi connectivity index (χ0n) is 21.5. The number of rotatable bonds is 8. The van der Waals surface area contributed by atoms with Crippen molar-refractivity contribution < 1.29 is 23.4 Å². The molecular formula is C27H32FN5O4. The summed E-state index contributed by atoms with van der Waals surface area (Å²) in [7, 11) is 1.59. The first-order valence-corrected chi connectivity index (χ1v) is 12.2. The molecule has 37 heavy (non-hydrogen) atoms. The van der Waals surface area contributed by atoms with Gasteiger partial charge < -0.3 is 29.7 Å². The molecule has 3 aromatic rings. The number of benzene rings is 2. The minimum absolute atomic E-state index is 0.0474. The van der Waals surface area contributed by atoms with Crippen LogP contribution < -0.4 is 20.1 Å². The largest absolute Gasteiger partial charge is 0.497 e. The van der Waals surface area contributed by atoms with Crippen molar-refractivity contribution in [1.29, 1.82) is 0 Å². The van der Waals surface area contributed by atoms with Gasteiger partial charge in [0.25, 0.3) is 0 Å². The Morgan fingerprint density at radius 2 is 1.92 bits per heavy atom. The first kappa shape index (κ1) is 26.0. The van der Waals surface area contributed by atoms with Crippen molar-refractivity contribution in [2.45, 2.75) is 45.3 Å². The average Bonchev–Trinajstić information content (AvgIpc) is 3.32. The number of aromatic nitrogens is 2. The molecule has 1 atom stereocenters. The van der Waals surface area contributed by atoms with Crippen molar-refractivity contribution in [3.63, 3.8) is 0 Å². The molecule has 1 amide bonds. The zero-order valence-corrected chi connectivity index (χ0v) is 21.5. The van der Waals surface area contributed by atoms with Crippen LogP contribution in [-0.4, -0.2) is 52.8 Å². The van der Waals surface area contributed by atoms with Gasteiger partial charge in [-0.05, 0) is 76.1 Å². The Labute approximate surface area is 216 Å². The maximum atomic E-state index is 13.6. The molecule has 1 saturated heterocycles. The second kappa shape index (κ2) is 11.3. The van der Waals surface area contributed by atoms with E-state index >= 15 is 0 Å². The minimum Gasteiger partial charge on any atom is -0.497 e. The third kappa shape index (κ3) is 7.22. The van der Waals surface area contributed by atoms with Gasteiger partial charge >= 0.3 is 6.09 Å². The Morgan fingerprint density at radius 1 is 1.16 bits per heavy atom. The van der Waals surface area contributed by atoms with Crippen LogP contribution in [0.4, 0.5) is 26.5 Å². The van der Waals surface area contributed by atoms with Crippen LogP contribution in [0.25, 0.3) is 0 Å². The lowest BCUT2D eigenvalue weighted by Crippen LogP contribution is -2.42. The molecular weight excluding hydrogens is 477 g/mol. The standard InChI is InChI=1S/C27H32FN5O4/c1-27(2,3)37-26(34)33-14-6-9-20(33)16-29-23-17-30-25(31-19-8-5-7-18(28)15-19)32-24(23)36-22-12-10-21(35-4)11-13-22/h5,7-8,10-13,15,17,20,29H,6,9,14,16H2,1-4H3,(H,30,31,32)/t20-/m0/s1. The highest BCUT2D eigenvalue weighted by atomic mass is 19.1. The lowest BCUT2D eigenvalue weighted by Gasteiger charge is -2.29. The van der Waals surface area contributed by atoms with E-state index in [4.69, 9.17) is 14.2 Å². The van der Waals surface area contributed by atoms with Gasteiger partial charge in [-0.2, -0.15) is 4.98 Å². The third-order valence-electron chi connectivity index (χ3n) is 5.64. The molecule has 4 rings (SSSR count). The summed E-state index contributed by atoms with van der Waals surface area (Å²) in [5.41, 5.74) is 0.502. The van der Waals surface area contributed by atoms with Crippen LogP contribution in [0.15, 0.2) is 54.7 Å². The molecule has 9 nitrogen and oxygen atoms in total. The van der Waals surface area contributed by atoms with E-state index in [0.717, 1.165) is 12.8 Å². The molecule has 0 saturated carbocycles. The van der Waals surface area contributed by atoms with Gasteiger partial charge in [0.05, 0.1) is 19.3 Å². The smallest absolute Gasteiger partial charge is 0.410 e. The van der Waals surface area contributed by atoms with E-state index in [0.29, 0.717) is 36.0 Å². The molecule has 1 aromatic heterocycles. The van der Waals surface area contributed by atoms with Crippen LogP contribution in [0.3, 0.4) is 0 Å². The van der Waals surface area contributed by atoms with Crippen LogP contribution in [0.2, 0.25) is 0 Å². The van der Waals surface area contributed by atoms with Gasteiger partial charge in [-0.15, -0.1) is 0 Å². The average molecular weight is 510 g/mol. The molecule has 1 fully saturated rings. The Hall–Kier alpha value is -4.08. The molecule has 196 valence electrons.